The summed E-state index contributed by atoms with van der Waals surface area (Å²) in [6, 6.07) is 7.81. The molecule has 6 nitrogen and oxygen atoms in total. The van der Waals surface area contributed by atoms with Crippen LogP contribution in [0, 0.1) is 12.8 Å². The molecule has 2 amide bonds. The molecule has 2 fully saturated rings. The smallest absolute Gasteiger partial charge is 0.309 e. The van der Waals surface area contributed by atoms with Crippen LogP contribution in [0.25, 0.3) is 0 Å². The third-order valence-electron chi connectivity index (χ3n) is 6.60. The minimum atomic E-state index is -0.768. The molecule has 1 aromatic carbocycles. The second-order valence-electron chi connectivity index (χ2n) is 8.70. The van der Waals surface area contributed by atoms with Gasteiger partial charge in [-0.3, -0.25) is 14.4 Å². The molecule has 1 atom stereocenters. The Bertz CT molecular complexity index is 764. The number of aryl methyl sites for hydroxylation is 1. The van der Waals surface area contributed by atoms with Crippen LogP contribution in [0.3, 0.4) is 0 Å². The number of amides is 2. The summed E-state index contributed by atoms with van der Waals surface area (Å²) >= 11 is 0. The summed E-state index contributed by atoms with van der Waals surface area (Å²) in [6.07, 6.45) is 5.94. The molecule has 0 radical (unpaired) electrons. The zero-order valence-corrected chi connectivity index (χ0v) is 18.4. The topological polar surface area (TPSA) is 66.9 Å². The van der Waals surface area contributed by atoms with Gasteiger partial charge >= 0.3 is 5.97 Å². The number of hydrogen-bond acceptors (Lipinski definition) is 4. The fourth-order valence-electron chi connectivity index (χ4n) is 4.56. The molecule has 164 valence electrons. The molecule has 1 saturated heterocycles. The van der Waals surface area contributed by atoms with E-state index in [9.17, 15) is 14.4 Å². The maximum Gasteiger partial charge on any atom is 0.309 e. The van der Waals surface area contributed by atoms with Crippen LogP contribution in [-0.4, -0.2) is 59.9 Å². The summed E-state index contributed by atoms with van der Waals surface area (Å²) in [5.74, 6) is -0.697. The van der Waals surface area contributed by atoms with Crippen LogP contribution >= 0.6 is 0 Å². The molecule has 6 heteroatoms. The Morgan fingerprint density at radius 1 is 1.03 bits per heavy atom. The monoisotopic (exact) mass is 414 g/mol. The predicted octanol–water partition coefficient (Wildman–Crippen LogP) is 3.57. The molecule has 0 N–H and O–H groups in total. The van der Waals surface area contributed by atoms with E-state index in [2.05, 4.69) is 0 Å². The molecule has 1 heterocycles. The summed E-state index contributed by atoms with van der Waals surface area (Å²) in [5, 5.41) is 0. The molecule has 0 aromatic heterocycles. The summed E-state index contributed by atoms with van der Waals surface area (Å²) in [7, 11) is 1.82. The first-order valence-corrected chi connectivity index (χ1v) is 11.2. The first-order chi connectivity index (χ1) is 14.4. The molecule has 1 saturated carbocycles. The Morgan fingerprint density at radius 3 is 2.30 bits per heavy atom. The fraction of sp³-hybridized carbons (Fsp3) is 0.625. The first kappa shape index (κ1) is 22.3. The standard InChI is InChI=1S/C24H34N2O4/c1-17-9-7-8-12-21(17)23(28)26-15-13-19(14-16-26)24(29)30-18(2)22(27)25(3)20-10-5-4-6-11-20/h7-9,12,18-20H,4-6,10-11,13-16H2,1-3H3/t18-/m0/s1. The van der Waals surface area contributed by atoms with E-state index in [1.807, 2.05) is 38.2 Å². The van der Waals surface area contributed by atoms with Gasteiger partial charge in [-0.15, -0.1) is 0 Å². The quantitative estimate of drug-likeness (QED) is 0.691. The van der Waals surface area contributed by atoms with Gasteiger partial charge in [-0.05, 0) is 51.2 Å². The van der Waals surface area contributed by atoms with Crippen molar-refractivity contribution in [1.82, 2.24) is 9.80 Å². The average molecular weight is 415 g/mol. The molecule has 1 aliphatic heterocycles. The summed E-state index contributed by atoms with van der Waals surface area (Å²) in [4.78, 5) is 41.6. The van der Waals surface area contributed by atoms with Gasteiger partial charge in [0, 0.05) is 31.7 Å². The molecule has 2 aliphatic rings. The molecule has 1 aliphatic carbocycles. The Balaban J connectivity index is 1.48. The van der Waals surface area contributed by atoms with Crippen molar-refractivity contribution in [2.24, 2.45) is 5.92 Å². The van der Waals surface area contributed by atoms with E-state index in [1.165, 1.54) is 6.42 Å². The minimum absolute atomic E-state index is 0.0116. The van der Waals surface area contributed by atoms with Crippen molar-refractivity contribution >= 4 is 17.8 Å². The maximum absolute atomic E-state index is 12.7. The van der Waals surface area contributed by atoms with Crippen molar-refractivity contribution in [1.29, 1.82) is 0 Å². The lowest BCUT2D eigenvalue weighted by atomic mass is 9.94. The van der Waals surface area contributed by atoms with Gasteiger partial charge in [0.15, 0.2) is 6.10 Å². The van der Waals surface area contributed by atoms with E-state index < -0.39 is 6.10 Å². The van der Waals surface area contributed by atoms with Crippen LogP contribution in [0.5, 0.6) is 0 Å². The van der Waals surface area contributed by atoms with E-state index in [0.717, 1.165) is 31.2 Å². The summed E-state index contributed by atoms with van der Waals surface area (Å²) < 4.78 is 5.53. The average Bonchev–Trinajstić information content (AvgIpc) is 2.78. The van der Waals surface area contributed by atoms with Gasteiger partial charge in [-0.2, -0.15) is 0 Å². The Kier molecular flexibility index (Phi) is 7.51. The maximum atomic E-state index is 12.7. The molecule has 0 unspecified atom stereocenters. The van der Waals surface area contributed by atoms with Crippen LogP contribution in [-0.2, 0) is 14.3 Å². The molecule has 30 heavy (non-hydrogen) atoms. The van der Waals surface area contributed by atoms with E-state index >= 15 is 0 Å². The number of ether oxygens (including phenoxy) is 1. The number of rotatable bonds is 5. The number of nitrogens with zero attached hydrogens (tertiary/aromatic N) is 2. The van der Waals surface area contributed by atoms with Gasteiger partial charge in [0.05, 0.1) is 5.92 Å². The zero-order valence-electron chi connectivity index (χ0n) is 18.4. The van der Waals surface area contributed by atoms with Crippen molar-refractivity contribution < 1.29 is 19.1 Å². The molecule has 1 aromatic rings. The van der Waals surface area contributed by atoms with Crippen molar-refractivity contribution in [3.63, 3.8) is 0 Å². The number of carbonyl (C=O) groups is 3. The zero-order chi connectivity index (χ0) is 21.7. The van der Waals surface area contributed by atoms with Crippen LogP contribution in [0.2, 0.25) is 0 Å². The van der Waals surface area contributed by atoms with Gasteiger partial charge in [0.2, 0.25) is 0 Å². The van der Waals surface area contributed by atoms with Gasteiger partial charge in [-0.1, -0.05) is 37.5 Å². The minimum Gasteiger partial charge on any atom is -0.452 e. The Morgan fingerprint density at radius 2 is 1.67 bits per heavy atom. The van der Waals surface area contributed by atoms with Crippen LogP contribution in [0.1, 0.15) is 67.8 Å². The Labute approximate surface area is 179 Å². The van der Waals surface area contributed by atoms with Crippen molar-refractivity contribution in [2.75, 3.05) is 20.1 Å². The van der Waals surface area contributed by atoms with Crippen molar-refractivity contribution in [3.05, 3.63) is 35.4 Å². The van der Waals surface area contributed by atoms with E-state index in [-0.39, 0.29) is 29.7 Å². The Hall–Kier alpha value is -2.37. The second kappa shape index (κ2) is 10.1. The third-order valence-corrected chi connectivity index (χ3v) is 6.60. The van der Waals surface area contributed by atoms with Crippen molar-refractivity contribution in [3.8, 4) is 0 Å². The lowest BCUT2D eigenvalue weighted by molar-refractivity contribution is -0.164. The number of hydrogen-bond donors (Lipinski definition) is 0. The normalized spacial score (nSPS) is 19.2. The number of likely N-dealkylation sites (tertiary alicyclic amines) is 1. The lowest BCUT2D eigenvalue weighted by Gasteiger charge is -2.34. The number of esters is 1. The van der Waals surface area contributed by atoms with E-state index in [1.54, 1.807) is 16.7 Å². The third kappa shape index (κ3) is 5.21. The van der Waals surface area contributed by atoms with E-state index in [4.69, 9.17) is 4.74 Å². The lowest BCUT2D eigenvalue weighted by Crippen LogP contribution is -2.45. The van der Waals surface area contributed by atoms with Crippen molar-refractivity contribution in [2.45, 2.75) is 70.9 Å². The molecule has 0 spiro atoms. The predicted molar refractivity (Wildman–Crippen MR) is 115 cm³/mol. The fourth-order valence-corrected chi connectivity index (χ4v) is 4.56. The number of likely N-dealkylation sites (N-methyl/N-ethyl adjacent to an activating group) is 1. The molecular weight excluding hydrogens is 380 g/mol. The van der Waals surface area contributed by atoms with Crippen LogP contribution < -0.4 is 0 Å². The van der Waals surface area contributed by atoms with Gasteiger partial charge in [0.25, 0.3) is 11.8 Å². The van der Waals surface area contributed by atoms with Gasteiger partial charge in [0.1, 0.15) is 0 Å². The summed E-state index contributed by atoms with van der Waals surface area (Å²) in [6.45, 7) is 4.64. The van der Waals surface area contributed by atoms with Gasteiger partial charge < -0.3 is 14.5 Å². The number of piperidine rings is 1. The highest BCUT2D eigenvalue weighted by molar-refractivity contribution is 5.95. The SMILES string of the molecule is Cc1ccccc1C(=O)N1CCC(C(=O)O[C@@H](C)C(=O)N(C)C2CCCCC2)CC1. The molecular formula is C24H34N2O4. The highest BCUT2D eigenvalue weighted by Crippen LogP contribution is 2.24. The first-order valence-electron chi connectivity index (χ1n) is 11.2. The van der Waals surface area contributed by atoms with Gasteiger partial charge in [-0.25, -0.2) is 0 Å². The highest BCUT2D eigenvalue weighted by atomic mass is 16.5. The number of benzene rings is 1. The second-order valence-corrected chi connectivity index (χ2v) is 8.70. The molecule has 0 bridgehead atoms. The van der Waals surface area contributed by atoms with Crippen LogP contribution in [0.15, 0.2) is 24.3 Å². The van der Waals surface area contributed by atoms with Crippen LogP contribution in [0.4, 0.5) is 0 Å². The molecule has 3 rings (SSSR count). The highest BCUT2D eigenvalue weighted by Gasteiger charge is 2.33. The van der Waals surface area contributed by atoms with E-state index in [0.29, 0.717) is 31.5 Å². The largest absolute Gasteiger partial charge is 0.452 e. The number of carbonyl (C=O) groups excluding carboxylic acids is 3. The summed E-state index contributed by atoms with van der Waals surface area (Å²) in [5.41, 5.74) is 1.67.